The van der Waals surface area contributed by atoms with E-state index in [0.717, 1.165) is 38.5 Å². The van der Waals surface area contributed by atoms with E-state index in [1.807, 2.05) is 36.4 Å². The van der Waals surface area contributed by atoms with Gasteiger partial charge < -0.3 is 4.74 Å². The Morgan fingerprint density at radius 3 is 2.55 bits per heavy atom. The number of allylic oxidation sites excluding steroid dienone is 2. The summed E-state index contributed by atoms with van der Waals surface area (Å²) in [5.74, 6) is 0.224. The number of hydrogen-bond donors (Lipinski definition) is 0. The van der Waals surface area contributed by atoms with Crippen molar-refractivity contribution < 1.29 is 9.53 Å². The van der Waals surface area contributed by atoms with E-state index in [9.17, 15) is 4.79 Å². The third-order valence-corrected chi connectivity index (χ3v) is 4.16. The Bertz CT molecular complexity index is 546. The van der Waals surface area contributed by atoms with Crippen LogP contribution in [0.1, 0.15) is 54.9 Å². The van der Waals surface area contributed by atoms with Gasteiger partial charge in [0.2, 0.25) is 0 Å². The van der Waals surface area contributed by atoms with Crippen LogP contribution < -0.4 is 0 Å². The van der Waals surface area contributed by atoms with Crippen LogP contribution in [-0.4, -0.2) is 12.1 Å². The number of aryl methyl sites for hydroxylation is 1. The van der Waals surface area contributed by atoms with E-state index in [2.05, 4.69) is 6.92 Å². The number of nitrogens with zero attached hydrogens (tertiary/aromatic N) is 1. The molecule has 0 N–H and O–H groups in total. The van der Waals surface area contributed by atoms with Crippen LogP contribution in [0.25, 0.3) is 0 Å². The number of ether oxygens (including phenoxy) is 1. The number of esters is 1. The van der Waals surface area contributed by atoms with Gasteiger partial charge in [-0.15, -0.1) is 0 Å². The first-order valence-corrected chi connectivity index (χ1v) is 8.09. The average Bonchev–Trinajstić information content (AvgIpc) is 2.55. The molecule has 2 rings (SSSR count). The predicted molar refractivity (Wildman–Crippen MR) is 86.4 cm³/mol. The Balaban J connectivity index is 1.83. The van der Waals surface area contributed by atoms with Crippen molar-refractivity contribution in [2.45, 2.75) is 51.6 Å². The van der Waals surface area contributed by atoms with Gasteiger partial charge in [0.05, 0.1) is 11.6 Å². The van der Waals surface area contributed by atoms with E-state index >= 15 is 0 Å². The first kappa shape index (κ1) is 16.3. The zero-order valence-corrected chi connectivity index (χ0v) is 13.1. The Morgan fingerprint density at radius 2 is 1.95 bits per heavy atom. The molecule has 0 amide bonds. The normalized spacial score (nSPS) is 21.5. The molecular weight excluding hydrogens is 274 g/mol. The highest BCUT2D eigenvalue weighted by Gasteiger charge is 2.23. The van der Waals surface area contributed by atoms with Gasteiger partial charge in [0, 0.05) is 6.08 Å². The highest BCUT2D eigenvalue weighted by Crippen LogP contribution is 2.27. The lowest BCUT2D eigenvalue weighted by Crippen LogP contribution is -2.24. The number of rotatable bonds is 5. The van der Waals surface area contributed by atoms with E-state index in [4.69, 9.17) is 10.00 Å². The van der Waals surface area contributed by atoms with Crippen LogP contribution >= 0.6 is 0 Å². The molecule has 0 aromatic heterocycles. The molecule has 0 atom stereocenters. The topological polar surface area (TPSA) is 50.1 Å². The van der Waals surface area contributed by atoms with Crippen molar-refractivity contribution in [3.05, 3.63) is 47.5 Å². The molecule has 0 radical (unpaired) electrons. The summed E-state index contributed by atoms with van der Waals surface area (Å²) in [4.78, 5) is 12.2. The van der Waals surface area contributed by atoms with Crippen LogP contribution in [0.3, 0.4) is 0 Å². The molecule has 22 heavy (non-hydrogen) atoms. The first-order valence-electron chi connectivity index (χ1n) is 8.09. The van der Waals surface area contributed by atoms with Crippen LogP contribution in [0.5, 0.6) is 0 Å². The molecule has 1 aromatic carbocycles. The van der Waals surface area contributed by atoms with Crippen molar-refractivity contribution >= 4 is 5.97 Å². The minimum atomic E-state index is -0.223. The molecule has 0 unspecified atom stereocenters. The molecule has 0 spiro atoms. The molecule has 0 heterocycles. The summed E-state index contributed by atoms with van der Waals surface area (Å²) in [6, 6.07) is 9.75. The first-order chi connectivity index (χ1) is 10.7. The second-order valence-corrected chi connectivity index (χ2v) is 5.88. The van der Waals surface area contributed by atoms with E-state index in [-0.39, 0.29) is 12.1 Å². The van der Waals surface area contributed by atoms with E-state index in [1.54, 1.807) is 6.08 Å². The van der Waals surface area contributed by atoms with Gasteiger partial charge in [-0.25, -0.2) is 4.79 Å². The van der Waals surface area contributed by atoms with Crippen LogP contribution in [0.15, 0.2) is 36.4 Å². The lowest BCUT2D eigenvalue weighted by molar-refractivity contribution is 0.0185. The fraction of sp³-hybridized carbons (Fsp3) is 0.474. The van der Waals surface area contributed by atoms with Gasteiger partial charge in [0.15, 0.2) is 0 Å². The predicted octanol–water partition coefficient (Wildman–Crippen LogP) is 4.43. The minimum absolute atomic E-state index is 0.00885. The number of carbonyl (C=O) groups is 1. The van der Waals surface area contributed by atoms with Crippen molar-refractivity contribution in [3.63, 3.8) is 0 Å². The van der Waals surface area contributed by atoms with Crippen molar-refractivity contribution in [1.82, 2.24) is 0 Å². The zero-order chi connectivity index (χ0) is 15.8. The molecule has 1 aliphatic rings. The molecule has 0 bridgehead atoms. The second kappa shape index (κ2) is 8.38. The largest absolute Gasteiger partial charge is 0.459 e. The average molecular weight is 297 g/mol. The van der Waals surface area contributed by atoms with Crippen LogP contribution in [0.2, 0.25) is 0 Å². The van der Waals surface area contributed by atoms with Crippen molar-refractivity contribution in [2.24, 2.45) is 5.92 Å². The molecule has 1 aliphatic carbocycles. The summed E-state index contributed by atoms with van der Waals surface area (Å²) >= 11 is 0. The summed E-state index contributed by atoms with van der Waals surface area (Å²) in [7, 11) is 0. The fourth-order valence-electron chi connectivity index (χ4n) is 2.89. The van der Waals surface area contributed by atoms with Gasteiger partial charge in [-0.05, 0) is 55.7 Å². The highest BCUT2D eigenvalue weighted by molar-refractivity contribution is 5.89. The third kappa shape index (κ3) is 4.73. The molecule has 3 nitrogen and oxygen atoms in total. The number of carbonyl (C=O) groups excluding carboxylic acids is 1. The second-order valence-electron chi connectivity index (χ2n) is 5.88. The monoisotopic (exact) mass is 297 g/mol. The van der Waals surface area contributed by atoms with Gasteiger partial charge >= 0.3 is 5.97 Å². The summed E-state index contributed by atoms with van der Waals surface area (Å²) in [5.41, 5.74) is 1.88. The molecule has 3 heteroatoms. The summed E-state index contributed by atoms with van der Waals surface area (Å²) in [5, 5.41) is 8.54. The van der Waals surface area contributed by atoms with E-state index in [0.29, 0.717) is 11.5 Å². The van der Waals surface area contributed by atoms with Gasteiger partial charge in [0.1, 0.15) is 6.10 Å². The Kier molecular flexibility index (Phi) is 6.21. The van der Waals surface area contributed by atoms with Crippen LogP contribution in [0, 0.1) is 17.2 Å². The Labute approximate surface area is 132 Å². The third-order valence-electron chi connectivity index (χ3n) is 4.16. The van der Waals surface area contributed by atoms with E-state index in [1.165, 1.54) is 5.56 Å². The molecule has 116 valence electrons. The smallest absolute Gasteiger partial charge is 0.338 e. The quantitative estimate of drug-likeness (QED) is 0.596. The minimum Gasteiger partial charge on any atom is -0.459 e. The van der Waals surface area contributed by atoms with Crippen LogP contribution in [0.4, 0.5) is 0 Å². The van der Waals surface area contributed by atoms with Gasteiger partial charge in [0.25, 0.3) is 0 Å². The lowest BCUT2D eigenvalue weighted by Gasteiger charge is -2.26. The summed E-state index contributed by atoms with van der Waals surface area (Å²) in [6.07, 6.45) is 9.37. The number of hydrogen-bond acceptors (Lipinski definition) is 3. The van der Waals surface area contributed by atoms with Crippen molar-refractivity contribution in [2.75, 3.05) is 0 Å². The molecular formula is C19H23NO2. The highest BCUT2D eigenvalue weighted by atomic mass is 16.5. The Morgan fingerprint density at radius 1 is 1.27 bits per heavy atom. The maximum Gasteiger partial charge on any atom is 0.338 e. The maximum absolute atomic E-state index is 12.2. The van der Waals surface area contributed by atoms with Gasteiger partial charge in [-0.2, -0.15) is 5.26 Å². The summed E-state index contributed by atoms with van der Waals surface area (Å²) < 4.78 is 5.60. The van der Waals surface area contributed by atoms with Gasteiger partial charge in [-0.3, -0.25) is 0 Å². The SMILES string of the molecule is CCCc1ccc(C(=O)O[C@H]2CC[C@H](C=CC#N)CC2)cc1. The summed E-state index contributed by atoms with van der Waals surface area (Å²) in [6.45, 7) is 2.14. The maximum atomic E-state index is 12.2. The molecule has 0 aliphatic heterocycles. The molecule has 1 fully saturated rings. The lowest BCUT2D eigenvalue weighted by atomic mass is 9.87. The van der Waals surface area contributed by atoms with Crippen molar-refractivity contribution in [1.29, 1.82) is 5.26 Å². The van der Waals surface area contributed by atoms with E-state index < -0.39 is 0 Å². The number of benzene rings is 1. The standard InChI is InChI=1S/C19H23NO2/c1-2-4-15-6-10-17(11-7-15)19(21)22-18-12-8-16(9-13-18)5-3-14-20/h3,5-7,10-11,16,18H,2,4,8-9,12-13H2,1H3/t16-,18-. The Hall–Kier alpha value is -2.08. The zero-order valence-electron chi connectivity index (χ0n) is 13.1. The fourth-order valence-corrected chi connectivity index (χ4v) is 2.89. The molecule has 0 saturated heterocycles. The number of nitriles is 1. The molecule has 1 aromatic rings. The molecule has 1 saturated carbocycles. The van der Waals surface area contributed by atoms with Gasteiger partial charge in [-0.1, -0.05) is 31.6 Å². The van der Waals surface area contributed by atoms with Crippen molar-refractivity contribution in [3.8, 4) is 6.07 Å². The van der Waals surface area contributed by atoms with Crippen LogP contribution in [-0.2, 0) is 11.2 Å².